The first-order valence-electron chi connectivity index (χ1n) is 7.46. The topological polar surface area (TPSA) is 24.1 Å². The first-order valence-corrected chi connectivity index (χ1v) is 8.28. The van der Waals surface area contributed by atoms with Crippen molar-refractivity contribution in [3.05, 3.63) is 21.4 Å². The van der Waals surface area contributed by atoms with Gasteiger partial charge in [-0.1, -0.05) is 13.8 Å². The molecule has 0 aromatic carbocycles. The Morgan fingerprint density at radius 3 is 2.79 bits per heavy atom. The van der Waals surface area contributed by atoms with E-state index in [9.17, 15) is 0 Å². The van der Waals surface area contributed by atoms with E-state index in [4.69, 9.17) is 0 Å². The number of aryl methyl sites for hydroxylation is 2. The summed E-state index contributed by atoms with van der Waals surface area (Å²) >= 11 is 1.93. The Morgan fingerprint density at radius 2 is 2.21 bits per heavy atom. The molecule has 0 amide bonds. The van der Waals surface area contributed by atoms with E-state index in [1.807, 2.05) is 11.3 Å². The Bertz CT molecular complexity index is 383. The molecular weight excluding hydrogens is 252 g/mol. The zero-order valence-corrected chi connectivity index (χ0v) is 13.6. The summed E-state index contributed by atoms with van der Waals surface area (Å²) in [5.41, 5.74) is 1.81. The molecule has 108 valence electrons. The summed E-state index contributed by atoms with van der Waals surface area (Å²) in [6, 6.07) is 2.32. The van der Waals surface area contributed by atoms with Gasteiger partial charge in [-0.05, 0) is 62.7 Å². The molecule has 2 rings (SSSR count). The highest BCUT2D eigenvalue weighted by Crippen LogP contribution is 2.31. The molecule has 3 heteroatoms. The van der Waals surface area contributed by atoms with Gasteiger partial charge in [0.2, 0.25) is 0 Å². The van der Waals surface area contributed by atoms with E-state index < -0.39 is 0 Å². The van der Waals surface area contributed by atoms with Crippen LogP contribution in [0.1, 0.15) is 42.0 Å². The number of nitrogens with one attached hydrogen (secondary N) is 2. The Kier molecular flexibility index (Phi) is 5.04. The predicted octanol–water partition coefficient (Wildman–Crippen LogP) is 3.48. The van der Waals surface area contributed by atoms with Gasteiger partial charge in [-0.2, -0.15) is 0 Å². The molecule has 0 saturated carbocycles. The molecule has 0 spiro atoms. The number of thiophene rings is 1. The Labute approximate surface area is 122 Å². The lowest BCUT2D eigenvalue weighted by molar-refractivity contribution is 0.166. The van der Waals surface area contributed by atoms with E-state index in [1.165, 1.54) is 41.2 Å². The molecule has 1 saturated heterocycles. The van der Waals surface area contributed by atoms with Crippen LogP contribution in [0.2, 0.25) is 0 Å². The highest BCUT2D eigenvalue weighted by atomic mass is 32.1. The molecule has 0 aliphatic carbocycles. The maximum atomic E-state index is 3.66. The minimum atomic E-state index is 0.384. The second-order valence-electron chi connectivity index (χ2n) is 6.59. The van der Waals surface area contributed by atoms with Gasteiger partial charge in [0.25, 0.3) is 0 Å². The van der Waals surface area contributed by atoms with Gasteiger partial charge in [0.1, 0.15) is 0 Å². The summed E-state index contributed by atoms with van der Waals surface area (Å²) in [7, 11) is 0. The molecule has 1 atom stereocenters. The highest BCUT2D eigenvalue weighted by Gasteiger charge is 2.30. The van der Waals surface area contributed by atoms with Crippen molar-refractivity contribution in [3.63, 3.8) is 0 Å². The summed E-state index contributed by atoms with van der Waals surface area (Å²) in [6.45, 7) is 13.7. The Balaban J connectivity index is 1.80. The van der Waals surface area contributed by atoms with Crippen LogP contribution >= 0.6 is 11.3 Å². The molecule has 1 fully saturated rings. The average molecular weight is 280 g/mol. The molecule has 1 aromatic heterocycles. The van der Waals surface area contributed by atoms with Gasteiger partial charge < -0.3 is 10.6 Å². The fourth-order valence-corrected chi connectivity index (χ4v) is 3.93. The van der Waals surface area contributed by atoms with Gasteiger partial charge in [-0.3, -0.25) is 0 Å². The third-order valence-corrected chi connectivity index (χ3v) is 5.65. The standard InChI is InChI=1S/C16H28N2S/c1-12-8-15(19-13(12)2)10-18-11-16(3,4)14-6-5-7-17-9-14/h8,14,17-18H,5-7,9-11H2,1-4H3. The van der Waals surface area contributed by atoms with Crippen LogP contribution in [0, 0.1) is 25.2 Å². The fraction of sp³-hybridized carbons (Fsp3) is 0.750. The van der Waals surface area contributed by atoms with E-state index in [2.05, 4.69) is 44.4 Å². The lowest BCUT2D eigenvalue weighted by Crippen LogP contribution is -2.43. The normalized spacial score (nSPS) is 20.7. The number of rotatable bonds is 5. The smallest absolute Gasteiger partial charge is 0.0300 e. The van der Waals surface area contributed by atoms with Crippen molar-refractivity contribution >= 4 is 11.3 Å². The van der Waals surface area contributed by atoms with Crippen molar-refractivity contribution in [1.29, 1.82) is 0 Å². The molecule has 2 nitrogen and oxygen atoms in total. The molecule has 1 aliphatic rings. The predicted molar refractivity (Wildman–Crippen MR) is 84.9 cm³/mol. The second kappa shape index (κ2) is 6.38. The van der Waals surface area contributed by atoms with E-state index in [1.54, 1.807) is 0 Å². The van der Waals surface area contributed by atoms with Crippen molar-refractivity contribution in [1.82, 2.24) is 10.6 Å². The van der Waals surface area contributed by atoms with Crippen molar-refractivity contribution in [3.8, 4) is 0 Å². The maximum Gasteiger partial charge on any atom is 0.0300 e. The van der Waals surface area contributed by atoms with Crippen LogP contribution in [0.15, 0.2) is 6.07 Å². The van der Waals surface area contributed by atoms with Crippen LogP contribution < -0.4 is 10.6 Å². The summed E-state index contributed by atoms with van der Waals surface area (Å²) in [6.07, 6.45) is 2.70. The molecule has 0 radical (unpaired) electrons. The van der Waals surface area contributed by atoms with Crippen molar-refractivity contribution in [2.45, 2.75) is 47.1 Å². The van der Waals surface area contributed by atoms with Gasteiger partial charge in [-0.15, -0.1) is 11.3 Å². The number of piperidine rings is 1. The molecule has 1 aliphatic heterocycles. The van der Waals surface area contributed by atoms with Crippen LogP contribution in [0.5, 0.6) is 0 Å². The maximum absolute atomic E-state index is 3.66. The largest absolute Gasteiger partial charge is 0.316 e. The molecule has 2 N–H and O–H groups in total. The average Bonchev–Trinajstić information content (AvgIpc) is 2.69. The Morgan fingerprint density at radius 1 is 1.42 bits per heavy atom. The van der Waals surface area contributed by atoms with Crippen molar-refractivity contribution in [2.75, 3.05) is 19.6 Å². The summed E-state index contributed by atoms with van der Waals surface area (Å²) in [5, 5.41) is 7.20. The number of hydrogen-bond acceptors (Lipinski definition) is 3. The molecule has 1 aromatic rings. The summed E-state index contributed by atoms with van der Waals surface area (Å²) in [4.78, 5) is 2.92. The van der Waals surface area contributed by atoms with Crippen LogP contribution in [0.25, 0.3) is 0 Å². The SMILES string of the molecule is Cc1cc(CNCC(C)(C)C2CCCNC2)sc1C. The first kappa shape index (κ1) is 15.0. The molecule has 2 heterocycles. The van der Waals surface area contributed by atoms with Gasteiger partial charge in [0.15, 0.2) is 0 Å². The van der Waals surface area contributed by atoms with Crippen LogP contribution in [-0.4, -0.2) is 19.6 Å². The zero-order chi connectivity index (χ0) is 13.9. The zero-order valence-electron chi connectivity index (χ0n) is 12.8. The van der Waals surface area contributed by atoms with Gasteiger partial charge in [-0.25, -0.2) is 0 Å². The molecular formula is C16H28N2S. The van der Waals surface area contributed by atoms with Gasteiger partial charge >= 0.3 is 0 Å². The van der Waals surface area contributed by atoms with Gasteiger partial charge in [0.05, 0.1) is 0 Å². The van der Waals surface area contributed by atoms with E-state index in [0.717, 1.165) is 19.0 Å². The van der Waals surface area contributed by atoms with Crippen molar-refractivity contribution < 1.29 is 0 Å². The second-order valence-corrected chi connectivity index (χ2v) is 7.93. The third kappa shape index (κ3) is 4.04. The highest BCUT2D eigenvalue weighted by molar-refractivity contribution is 7.12. The summed E-state index contributed by atoms with van der Waals surface area (Å²) < 4.78 is 0. The lowest BCUT2D eigenvalue weighted by atomic mass is 9.75. The minimum absolute atomic E-state index is 0.384. The van der Waals surface area contributed by atoms with Crippen molar-refractivity contribution in [2.24, 2.45) is 11.3 Å². The van der Waals surface area contributed by atoms with E-state index in [0.29, 0.717) is 5.41 Å². The molecule has 19 heavy (non-hydrogen) atoms. The van der Waals surface area contributed by atoms with E-state index in [-0.39, 0.29) is 0 Å². The monoisotopic (exact) mass is 280 g/mol. The summed E-state index contributed by atoms with van der Waals surface area (Å²) in [5.74, 6) is 0.806. The number of hydrogen-bond donors (Lipinski definition) is 2. The van der Waals surface area contributed by atoms with E-state index >= 15 is 0 Å². The lowest BCUT2D eigenvalue weighted by Gasteiger charge is -2.37. The molecule has 1 unspecified atom stereocenters. The quantitative estimate of drug-likeness (QED) is 0.863. The van der Waals surface area contributed by atoms with Crippen LogP contribution in [0.4, 0.5) is 0 Å². The van der Waals surface area contributed by atoms with Gasteiger partial charge in [0, 0.05) is 22.8 Å². The van der Waals surface area contributed by atoms with Crippen LogP contribution in [0.3, 0.4) is 0 Å². The third-order valence-electron chi connectivity index (χ3n) is 4.50. The first-order chi connectivity index (χ1) is 8.99. The Hall–Kier alpha value is -0.380. The molecule has 0 bridgehead atoms. The van der Waals surface area contributed by atoms with Crippen LogP contribution in [-0.2, 0) is 6.54 Å². The fourth-order valence-electron chi connectivity index (χ4n) is 2.91. The minimum Gasteiger partial charge on any atom is -0.316 e.